The fourth-order valence-corrected chi connectivity index (χ4v) is 2.19. The number of benzene rings is 2. The van der Waals surface area contributed by atoms with E-state index in [1.165, 1.54) is 0 Å². The predicted octanol–water partition coefficient (Wildman–Crippen LogP) is 4.31. The Morgan fingerprint density at radius 3 is 2.52 bits per heavy atom. The monoisotopic (exact) mass is 361 g/mol. The Bertz CT molecular complexity index is 730. The molecule has 5 nitrogen and oxygen atoms in total. The van der Waals surface area contributed by atoms with Crippen molar-refractivity contribution in [2.75, 3.05) is 11.9 Å². The smallest absolute Gasteiger partial charge is 0.338 e. The first-order valence-corrected chi connectivity index (χ1v) is 8.37. The number of halogens is 1. The van der Waals surface area contributed by atoms with Gasteiger partial charge < -0.3 is 14.8 Å². The van der Waals surface area contributed by atoms with Crippen LogP contribution >= 0.6 is 11.6 Å². The van der Waals surface area contributed by atoms with Crippen LogP contribution in [0.4, 0.5) is 5.69 Å². The zero-order chi connectivity index (χ0) is 18.2. The number of anilines is 1. The highest BCUT2D eigenvalue weighted by Gasteiger charge is 2.15. The van der Waals surface area contributed by atoms with Crippen LogP contribution in [0.2, 0.25) is 5.02 Å². The summed E-state index contributed by atoms with van der Waals surface area (Å²) in [5, 5.41) is 3.27. The molecule has 0 heterocycles. The Kier molecular flexibility index (Phi) is 6.83. The molecule has 2 aromatic carbocycles. The van der Waals surface area contributed by atoms with Gasteiger partial charge in [0.1, 0.15) is 5.75 Å². The van der Waals surface area contributed by atoms with Gasteiger partial charge in [0.2, 0.25) is 0 Å². The minimum Gasteiger partial charge on any atom is -0.481 e. The lowest BCUT2D eigenvalue weighted by atomic mass is 10.2. The summed E-state index contributed by atoms with van der Waals surface area (Å²) in [6.45, 7) is 3.96. The Labute approximate surface area is 151 Å². The van der Waals surface area contributed by atoms with Crippen LogP contribution in [0, 0.1) is 0 Å². The van der Waals surface area contributed by atoms with Gasteiger partial charge in [0.05, 0.1) is 12.2 Å². The molecule has 1 N–H and O–H groups in total. The average molecular weight is 362 g/mol. The summed E-state index contributed by atoms with van der Waals surface area (Å²) in [7, 11) is 0. The van der Waals surface area contributed by atoms with E-state index in [0.717, 1.165) is 6.42 Å². The van der Waals surface area contributed by atoms with E-state index in [1.807, 2.05) is 6.92 Å². The lowest BCUT2D eigenvalue weighted by molar-refractivity contribution is -0.122. The average Bonchev–Trinajstić information content (AvgIpc) is 2.60. The lowest BCUT2D eigenvalue weighted by Gasteiger charge is -2.15. The number of ether oxygens (including phenoxy) is 2. The van der Waals surface area contributed by atoms with Gasteiger partial charge in [-0.2, -0.15) is 0 Å². The number of hydrogen-bond acceptors (Lipinski definition) is 4. The quantitative estimate of drug-likeness (QED) is 0.746. The largest absolute Gasteiger partial charge is 0.481 e. The van der Waals surface area contributed by atoms with Crippen LogP contribution in [0.25, 0.3) is 0 Å². The predicted molar refractivity (Wildman–Crippen MR) is 97.2 cm³/mol. The van der Waals surface area contributed by atoms with Gasteiger partial charge in [-0.3, -0.25) is 4.79 Å². The van der Waals surface area contributed by atoms with E-state index in [1.54, 1.807) is 55.5 Å². The molecule has 0 aliphatic carbocycles. The Hall–Kier alpha value is -2.53. The number of nitrogens with one attached hydrogen (secondary N) is 1. The molecule has 1 atom stereocenters. The molecule has 0 radical (unpaired) electrons. The summed E-state index contributed by atoms with van der Waals surface area (Å²) in [5.74, 6) is -0.164. The molecule has 0 bridgehead atoms. The molecule has 1 amide bonds. The maximum Gasteiger partial charge on any atom is 0.338 e. The van der Waals surface area contributed by atoms with E-state index in [0.29, 0.717) is 28.6 Å². The SMILES string of the molecule is CCCOC(=O)c1ccc(NC(=O)C(C)Oc2cccc(Cl)c2)cc1. The van der Waals surface area contributed by atoms with Gasteiger partial charge in [0.15, 0.2) is 6.10 Å². The third kappa shape index (κ3) is 5.80. The highest BCUT2D eigenvalue weighted by molar-refractivity contribution is 6.30. The van der Waals surface area contributed by atoms with Gasteiger partial charge in [-0.15, -0.1) is 0 Å². The Morgan fingerprint density at radius 1 is 1.16 bits per heavy atom. The van der Waals surface area contributed by atoms with Gasteiger partial charge in [0.25, 0.3) is 5.91 Å². The van der Waals surface area contributed by atoms with Crippen molar-refractivity contribution in [1.29, 1.82) is 0 Å². The molecule has 6 heteroatoms. The third-order valence-electron chi connectivity index (χ3n) is 3.30. The lowest BCUT2D eigenvalue weighted by Crippen LogP contribution is -2.30. The number of carbonyl (C=O) groups is 2. The van der Waals surface area contributed by atoms with Crippen molar-refractivity contribution >= 4 is 29.2 Å². The van der Waals surface area contributed by atoms with E-state index in [-0.39, 0.29) is 11.9 Å². The number of carbonyl (C=O) groups excluding carboxylic acids is 2. The number of rotatable bonds is 7. The highest BCUT2D eigenvalue weighted by Crippen LogP contribution is 2.19. The molecule has 25 heavy (non-hydrogen) atoms. The first kappa shape index (κ1) is 18.8. The van der Waals surface area contributed by atoms with Crippen molar-refractivity contribution in [3.63, 3.8) is 0 Å². The molecule has 0 aromatic heterocycles. The molecule has 132 valence electrons. The maximum atomic E-state index is 12.2. The second kappa shape index (κ2) is 9.08. The molecule has 0 fully saturated rings. The topological polar surface area (TPSA) is 64.6 Å². The molecule has 1 unspecified atom stereocenters. The van der Waals surface area contributed by atoms with Crippen LogP contribution in [0.1, 0.15) is 30.6 Å². The van der Waals surface area contributed by atoms with E-state index >= 15 is 0 Å². The second-order valence-electron chi connectivity index (χ2n) is 5.42. The van der Waals surface area contributed by atoms with Crippen molar-refractivity contribution in [2.45, 2.75) is 26.4 Å². The van der Waals surface area contributed by atoms with Crippen LogP contribution in [0.15, 0.2) is 48.5 Å². The van der Waals surface area contributed by atoms with Crippen molar-refractivity contribution in [3.05, 3.63) is 59.1 Å². The summed E-state index contributed by atoms with van der Waals surface area (Å²) in [4.78, 5) is 23.9. The standard InChI is InChI=1S/C19H20ClNO4/c1-3-11-24-19(23)14-7-9-16(10-8-14)21-18(22)13(2)25-17-6-4-5-15(20)12-17/h4-10,12-13H,3,11H2,1-2H3,(H,21,22). The summed E-state index contributed by atoms with van der Waals surface area (Å²) in [6, 6.07) is 13.4. The van der Waals surface area contributed by atoms with Gasteiger partial charge in [-0.1, -0.05) is 24.6 Å². The molecule has 2 aromatic rings. The molecule has 2 rings (SSSR count). The van der Waals surface area contributed by atoms with Crippen molar-refractivity contribution in [3.8, 4) is 5.75 Å². The summed E-state index contributed by atoms with van der Waals surface area (Å²) < 4.78 is 10.6. The molecule has 0 aliphatic rings. The van der Waals surface area contributed by atoms with Crippen LogP contribution in [-0.2, 0) is 9.53 Å². The van der Waals surface area contributed by atoms with Gasteiger partial charge in [-0.25, -0.2) is 4.79 Å². The van der Waals surface area contributed by atoms with Gasteiger partial charge >= 0.3 is 5.97 Å². The van der Waals surface area contributed by atoms with E-state index in [2.05, 4.69) is 5.32 Å². The van der Waals surface area contributed by atoms with Crippen molar-refractivity contribution < 1.29 is 19.1 Å². The summed E-state index contributed by atoms with van der Waals surface area (Å²) in [6.07, 6.45) is 0.0670. The van der Waals surface area contributed by atoms with Gasteiger partial charge in [-0.05, 0) is 55.8 Å². The number of esters is 1. The minimum atomic E-state index is -0.701. The van der Waals surface area contributed by atoms with E-state index in [4.69, 9.17) is 21.1 Å². The van der Waals surface area contributed by atoms with Gasteiger partial charge in [0, 0.05) is 10.7 Å². The first-order chi connectivity index (χ1) is 12.0. The normalized spacial score (nSPS) is 11.5. The molecular formula is C19H20ClNO4. The van der Waals surface area contributed by atoms with Crippen molar-refractivity contribution in [2.24, 2.45) is 0 Å². The van der Waals surface area contributed by atoms with Crippen LogP contribution in [0.3, 0.4) is 0 Å². The fraction of sp³-hybridized carbons (Fsp3) is 0.263. The van der Waals surface area contributed by atoms with Crippen molar-refractivity contribution in [1.82, 2.24) is 0 Å². The Balaban J connectivity index is 1.92. The van der Waals surface area contributed by atoms with Crippen LogP contribution in [-0.4, -0.2) is 24.6 Å². The summed E-state index contributed by atoms with van der Waals surface area (Å²) >= 11 is 5.89. The molecule has 0 saturated carbocycles. The number of hydrogen-bond donors (Lipinski definition) is 1. The molecule has 0 saturated heterocycles. The summed E-state index contributed by atoms with van der Waals surface area (Å²) in [5.41, 5.74) is 1.01. The van der Waals surface area contributed by atoms with Crippen LogP contribution < -0.4 is 10.1 Å². The van der Waals surface area contributed by atoms with Crippen LogP contribution in [0.5, 0.6) is 5.75 Å². The highest BCUT2D eigenvalue weighted by atomic mass is 35.5. The minimum absolute atomic E-state index is 0.304. The fourth-order valence-electron chi connectivity index (χ4n) is 2.01. The van der Waals surface area contributed by atoms with E-state index < -0.39 is 6.10 Å². The molecular weight excluding hydrogens is 342 g/mol. The van der Waals surface area contributed by atoms with E-state index in [9.17, 15) is 9.59 Å². The first-order valence-electron chi connectivity index (χ1n) is 8.00. The third-order valence-corrected chi connectivity index (χ3v) is 3.54. The maximum absolute atomic E-state index is 12.2. The Morgan fingerprint density at radius 2 is 1.88 bits per heavy atom. The zero-order valence-electron chi connectivity index (χ0n) is 14.1. The second-order valence-corrected chi connectivity index (χ2v) is 5.86. The number of amides is 1. The zero-order valence-corrected chi connectivity index (χ0v) is 14.9. The molecule has 0 aliphatic heterocycles. The molecule has 0 spiro atoms.